The first kappa shape index (κ1) is 10.6. The van der Waals surface area contributed by atoms with Crippen LogP contribution in [0.3, 0.4) is 0 Å². The van der Waals surface area contributed by atoms with E-state index < -0.39 is 0 Å². The number of amides is 1. The predicted molar refractivity (Wildman–Crippen MR) is 52.1 cm³/mol. The van der Waals surface area contributed by atoms with Crippen molar-refractivity contribution < 1.29 is 9.53 Å². The molecule has 1 heterocycles. The number of alkyl halides is 1. The fraction of sp³-hybridized carbons (Fsp3) is 0.889. The lowest BCUT2D eigenvalue weighted by molar-refractivity contribution is 0.0534. The summed E-state index contributed by atoms with van der Waals surface area (Å²) in [5, 5.41) is 0. The molecule has 0 N–H and O–H groups in total. The second-order valence-electron chi connectivity index (χ2n) is 3.40. The summed E-state index contributed by atoms with van der Waals surface area (Å²) >= 11 is 5.61. The van der Waals surface area contributed by atoms with E-state index in [9.17, 15) is 4.79 Å². The van der Waals surface area contributed by atoms with Gasteiger partial charge in [0.15, 0.2) is 0 Å². The molecule has 0 aromatic carbocycles. The highest BCUT2D eigenvalue weighted by Crippen LogP contribution is 2.14. The Morgan fingerprint density at radius 3 is 3.08 bits per heavy atom. The van der Waals surface area contributed by atoms with E-state index in [1.165, 1.54) is 0 Å². The van der Waals surface area contributed by atoms with Crippen LogP contribution in [-0.4, -0.2) is 36.6 Å². The Labute approximate surface area is 84.0 Å². The number of carbonyl (C=O) groups excluding carboxylic acids is 1. The summed E-state index contributed by atoms with van der Waals surface area (Å²) in [6.07, 6.45) is 3.69. The highest BCUT2D eigenvalue weighted by atomic mass is 35.5. The van der Waals surface area contributed by atoms with Crippen LogP contribution in [0.1, 0.15) is 25.7 Å². The summed E-state index contributed by atoms with van der Waals surface area (Å²) in [6, 6.07) is 0. The van der Waals surface area contributed by atoms with Crippen LogP contribution in [0, 0.1) is 0 Å². The first-order chi connectivity index (χ1) is 6.24. The maximum Gasteiger partial charge on any atom is 0.409 e. The summed E-state index contributed by atoms with van der Waals surface area (Å²) in [5.74, 6) is 0.557. The van der Waals surface area contributed by atoms with Crippen LogP contribution in [0.15, 0.2) is 0 Å². The number of hydrogen-bond acceptors (Lipinski definition) is 2. The van der Waals surface area contributed by atoms with Gasteiger partial charge in [-0.15, -0.1) is 11.6 Å². The Kier molecular flexibility index (Phi) is 4.36. The molecular weight excluding hydrogens is 190 g/mol. The average Bonchev–Trinajstić information content (AvgIpc) is 2.10. The van der Waals surface area contributed by atoms with Crippen LogP contribution in [0.2, 0.25) is 0 Å². The first-order valence-electron chi connectivity index (χ1n) is 4.71. The summed E-state index contributed by atoms with van der Waals surface area (Å²) in [5.41, 5.74) is 0. The topological polar surface area (TPSA) is 29.5 Å². The predicted octanol–water partition coefficient (Wildman–Crippen LogP) is 2.24. The largest absolute Gasteiger partial charge is 0.446 e. The number of hydrogen-bond donors (Lipinski definition) is 0. The molecule has 3 nitrogen and oxygen atoms in total. The molecular formula is C9H16ClNO2. The SMILES string of the molecule is CN1CCCCC(CCCl)OC1=O. The minimum Gasteiger partial charge on any atom is -0.446 e. The van der Waals surface area contributed by atoms with Gasteiger partial charge < -0.3 is 9.64 Å². The molecule has 1 aliphatic heterocycles. The Balaban J connectivity index is 2.43. The molecule has 0 aromatic heterocycles. The Morgan fingerprint density at radius 1 is 1.62 bits per heavy atom. The maximum absolute atomic E-state index is 11.3. The molecule has 0 aromatic rings. The second kappa shape index (κ2) is 5.32. The van der Waals surface area contributed by atoms with Crippen LogP contribution in [-0.2, 0) is 4.74 Å². The van der Waals surface area contributed by atoms with Gasteiger partial charge in [0.2, 0.25) is 0 Å². The number of nitrogens with zero attached hydrogens (tertiary/aromatic N) is 1. The van der Waals surface area contributed by atoms with E-state index in [1.807, 2.05) is 0 Å². The highest BCUT2D eigenvalue weighted by Gasteiger charge is 2.19. The number of cyclic esters (lactones) is 1. The van der Waals surface area contributed by atoms with Gasteiger partial charge in [0.05, 0.1) is 0 Å². The third-order valence-electron chi connectivity index (χ3n) is 2.28. The molecule has 0 aliphatic carbocycles. The molecule has 0 saturated carbocycles. The Bertz CT molecular complexity index is 175. The molecule has 76 valence electrons. The zero-order valence-corrected chi connectivity index (χ0v) is 8.72. The van der Waals surface area contributed by atoms with Gasteiger partial charge in [-0.05, 0) is 25.7 Å². The zero-order chi connectivity index (χ0) is 9.68. The maximum atomic E-state index is 11.3. The summed E-state index contributed by atoms with van der Waals surface area (Å²) in [7, 11) is 1.77. The Morgan fingerprint density at radius 2 is 2.38 bits per heavy atom. The molecule has 0 bridgehead atoms. The van der Waals surface area contributed by atoms with Crippen molar-refractivity contribution in [1.29, 1.82) is 0 Å². The summed E-state index contributed by atoms with van der Waals surface area (Å²) in [6.45, 7) is 0.798. The second-order valence-corrected chi connectivity index (χ2v) is 3.78. The van der Waals surface area contributed by atoms with E-state index in [0.717, 1.165) is 32.2 Å². The van der Waals surface area contributed by atoms with Gasteiger partial charge >= 0.3 is 6.09 Å². The van der Waals surface area contributed by atoms with Crippen molar-refractivity contribution in [2.45, 2.75) is 31.8 Å². The molecule has 1 amide bonds. The normalized spacial score (nSPS) is 24.9. The molecule has 0 radical (unpaired) electrons. The molecule has 4 heteroatoms. The van der Waals surface area contributed by atoms with Crippen molar-refractivity contribution in [3.8, 4) is 0 Å². The average molecular weight is 206 g/mol. The quantitative estimate of drug-likeness (QED) is 0.648. The molecule has 1 unspecified atom stereocenters. The summed E-state index contributed by atoms with van der Waals surface area (Å²) < 4.78 is 5.25. The summed E-state index contributed by atoms with van der Waals surface area (Å²) in [4.78, 5) is 12.9. The van der Waals surface area contributed by atoms with Crippen molar-refractivity contribution >= 4 is 17.7 Å². The van der Waals surface area contributed by atoms with Crippen molar-refractivity contribution in [3.05, 3.63) is 0 Å². The monoisotopic (exact) mass is 205 g/mol. The van der Waals surface area contributed by atoms with Crippen LogP contribution in [0.25, 0.3) is 0 Å². The number of rotatable bonds is 2. The van der Waals surface area contributed by atoms with Crippen molar-refractivity contribution in [1.82, 2.24) is 4.90 Å². The van der Waals surface area contributed by atoms with E-state index in [-0.39, 0.29) is 12.2 Å². The molecule has 13 heavy (non-hydrogen) atoms. The minimum absolute atomic E-state index is 0.0211. The lowest BCUT2D eigenvalue weighted by atomic mass is 10.1. The van der Waals surface area contributed by atoms with Crippen LogP contribution >= 0.6 is 11.6 Å². The van der Waals surface area contributed by atoms with Gasteiger partial charge in [-0.3, -0.25) is 0 Å². The molecule has 1 rings (SSSR count). The smallest absolute Gasteiger partial charge is 0.409 e. The zero-order valence-electron chi connectivity index (χ0n) is 7.96. The molecule has 1 aliphatic rings. The number of ether oxygens (including phenoxy) is 1. The molecule has 1 saturated heterocycles. The number of halogens is 1. The third-order valence-corrected chi connectivity index (χ3v) is 2.50. The standard InChI is InChI=1S/C9H16ClNO2/c1-11-7-3-2-4-8(5-6-10)13-9(11)12/h8H,2-7H2,1H3. The van der Waals surface area contributed by atoms with Gasteiger partial charge in [-0.25, -0.2) is 4.79 Å². The van der Waals surface area contributed by atoms with E-state index in [2.05, 4.69) is 0 Å². The van der Waals surface area contributed by atoms with Gasteiger partial charge in [-0.1, -0.05) is 0 Å². The number of carbonyl (C=O) groups is 1. The minimum atomic E-state index is -0.213. The third kappa shape index (κ3) is 3.43. The molecule has 1 fully saturated rings. The van der Waals surface area contributed by atoms with Crippen LogP contribution < -0.4 is 0 Å². The van der Waals surface area contributed by atoms with E-state index in [0.29, 0.717) is 5.88 Å². The van der Waals surface area contributed by atoms with Gasteiger partial charge in [0, 0.05) is 19.5 Å². The van der Waals surface area contributed by atoms with Gasteiger partial charge in [0.25, 0.3) is 0 Å². The molecule has 0 spiro atoms. The molecule has 1 atom stereocenters. The fourth-order valence-corrected chi connectivity index (χ4v) is 1.67. The van der Waals surface area contributed by atoms with Gasteiger partial charge in [-0.2, -0.15) is 0 Å². The van der Waals surface area contributed by atoms with E-state index >= 15 is 0 Å². The van der Waals surface area contributed by atoms with E-state index in [1.54, 1.807) is 11.9 Å². The first-order valence-corrected chi connectivity index (χ1v) is 5.25. The van der Waals surface area contributed by atoms with Crippen molar-refractivity contribution in [2.75, 3.05) is 19.5 Å². The van der Waals surface area contributed by atoms with Crippen LogP contribution in [0.4, 0.5) is 4.79 Å². The van der Waals surface area contributed by atoms with Crippen molar-refractivity contribution in [2.24, 2.45) is 0 Å². The van der Waals surface area contributed by atoms with Crippen LogP contribution in [0.5, 0.6) is 0 Å². The van der Waals surface area contributed by atoms with Crippen molar-refractivity contribution in [3.63, 3.8) is 0 Å². The lowest BCUT2D eigenvalue weighted by Gasteiger charge is -2.25. The van der Waals surface area contributed by atoms with Gasteiger partial charge in [0.1, 0.15) is 6.10 Å². The van der Waals surface area contributed by atoms with E-state index in [4.69, 9.17) is 16.3 Å². The Hall–Kier alpha value is -0.440. The lowest BCUT2D eigenvalue weighted by Crippen LogP contribution is -2.34. The highest BCUT2D eigenvalue weighted by molar-refractivity contribution is 6.17. The fourth-order valence-electron chi connectivity index (χ4n) is 1.43.